The summed E-state index contributed by atoms with van der Waals surface area (Å²) in [6.45, 7) is 4.56. The van der Waals surface area contributed by atoms with Gasteiger partial charge in [-0.15, -0.1) is 0 Å². The standard InChI is InChI=1S/C15H21BrN2/c1-12-10-17-15(8-4-5-9-15)11-18(12)14-7-3-2-6-13(14)16/h2-3,6-7,12,17H,4-5,8-11H2,1H3. The first kappa shape index (κ1) is 12.5. The molecule has 3 heteroatoms. The molecule has 1 aliphatic carbocycles. The second-order valence-corrected chi connectivity index (χ2v) is 6.65. The molecule has 0 aromatic heterocycles. The van der Waals surface area contributed by atoms with Crippen molar-refractivity contribution in [3.8, 4) is 0 Å². The van der Waals surface area contributed by atoms with Gasteiger partial charge in [-0.3, -0.25) is 0 Å². The van der Waals surface area contributed by atoms with Crippen LogP contribution in [-0.2, 0) is 0 Å². The maximum atomic E-state index is 3.81. The highest BCUT2D eigenvalue weighted by atomic mass is 79.9. The van der Waals surface area contributed by atoms with E-state index in [0.717, 1.165) is 13.1 Å². The molecule has 1 N–H and O–H groups in total. The van der Waals surface area contributed by atoms with Gasteiger partial charge in [0.1, 0.15) is 0 Å². The molecule has 1 heterocycles. The molecule has 1 aromatic carbocycles. The van der Waals surface area contributed by atoms with Crippen molar-refractivity contribution in [2.75, 3.05) is 18.0 Å². The van der Waals surface area contributed by atoms with Gasteiger partial charge in [-0.1, -0.05) is 25.0 Å². The number of hydrogen-bond donors (Lipinski definition) is 1. The van der Waals surface area contributed by atoms with E-state index in [1.54, 1.807) is 0 Å². The summed E-state index contributed by atoms with van der Waals surface area (Å²) in [6.07, 6.45) is 5.43. The normalized spacial score (nSPS) is 26.8. The molecule has 1 unspecified atom stereocenters. The number of rotatable bonds is 1. The lowest BCUT2D eigenvalue weighted by Gasteiger charge is -2.46. The lowest BCUT2D eigenvalue weighted by atomic mass is 9.92. The predicted octanol–water partition coefficient (Wildman–Crippen LogP) is 3.56. The van der Waals surface area contributed by atoms with Gasteiger partial charge < -0.3 is 10.2 Å². The Labute approximate surface area is 118 Å². The summed E-state index contributed by atoms with van der Waals surface area (Å²) in [5.41, 5.74) is 1.72. The zero-order valence-electron chi connectivity index (χ0n) is 11.0. The van der Waals surface area contributed by atoms with E-state index in [4.69, 9.17) is 0 Å². The Balaban J connectivity index is 1.88. The third-order valence-corrected chi connectivity index (χ3v) is 5.17. The number of nitrogens with one attached hydrogen (secondary N) is 1. The molecule has 3 rings (SSSR count). The van der Waals surface area contributed by atoms with Crippen LogP contribution >= 0.6 is 15.9 Å². The van der Waals surface area contributed by atoms with Gasteiger partial charge in [-0.25, -0.2) is 0 Å². The molecule has 2 nitrogen and oxygen atoms in total. The van der Waals surface area contributed by atoms with E-state index in [0.29, 0.717) is 11.6 Å². The summed E-state index contributed by atoms with van der Waals surface area (Å²) in [7, 11) is 0. The summed E-state index contributed by atoms with van der Waals surface area (Å²) in [6, 6.07) is 9.16. The van der Waals surface area contributed by atoms with E-state index < -0.39 is 0 Å². The van der Waals surface area contributed by atoms with Crippen molar-refractivity contribution in [3.05, 3.63) is 28.7 Å². The Bertz CT molecular complexity index is 426. The van der Waals surface area contributed by atoms with E-state index in [2.05, 4.69) is 57.3 Å². The van der Waals surface area contributed by atoms with Crippen LogP contribution in [0.3, 0.4) is 0 Å². The molecule has 1 atom stereocenters. The second-order valence-electron chi connectivity index (χ2n) is 5.80. The van der Waals surface area contributed by atoms with Crippen LogP contribution in [0.4, 0.5) is 5.69 Å². The number of hydrogen-bond acceptors (Lipinski definition) is 2. The fourth-order valence-corrected chi connectivity index (χ4v) is 3.92. The van der Waals surface area contributed by atoms with E-state index >= 15 is 0 Å². The van der Waals surface area contributed by atoms with Gasteiger partial charge >= 0.3 is 0 Å². The van der Waals surface area contributed by atoms with Crippen molar-refractivity contribution in [1.29, 1.82) is 0 Å². The maximum absolute atomic E-state index is 3.81. The smallest absolute Gasteiger partial charge is 0.0514 e. The van der Waals surface area contributed by atoms with Gasteiger partial charge in [0.05, 0.1) is 5.69 Å². The number of anilines is 1. The monoisotopic (exact) mass is 308 g/mol. The molecule has 1 spiro atoms. The summed E-state index contributed by atoms with van der Waals surface area (Å²) in [5, 5.41) is 3.81. The molecule has 2 fully saturated rings. The fraction of sp³-hybridized carbons (Fsp3) is 0.600. The average molecular weight is 309 g/mol. The first-order valence-corrected chi connectivity index (χ1v) is 7.76. The van der Waals surface area contributed by atoms with Gasteiger partial charge in [-0.05, 0) is 47.8 Å². The van der Waals surface area contributed by atoms with Gasteiger partial charge in [-0.2, -0.15) is 0 Å². The Hall–Kier alpha value is -0.540. The van der Waals surface area contributed by atoms with Crippen LogP contribution in [0.15, 0.2) is 28.7 Å². The molecule has 1 saturated carbocycles. The van der Waals surface area contributed by atoms with E-state index in [-0.39, 0.29) is 0 Å². The molecule has 18 heavy (non-hydrogen) atoms. The number of nitrogens with zero attached hydrogens (tertiary/aromatic N) is 1. The Morgan fingerprint density at radius 1 is 1.28 bits per heavy atom. The zero-order chi connectivity index (χ0) is 12.6. The third-order valence-electron chi connectivity index (χ3n) is 4.50. The molecule has 0 radical (unpaired) electrons. The minimum atomic E-state index is 0.377. The first-order valence-electron chi connectivity index (χ1n) is 6.96. The Morgan fingerprint density at radius 3 is 2.72 bits per heavy atom. The zero-order valence-corrected chi connectivity index (χ0v) is 12.5. The highest BCUT2D eigenvalue weighted by Crippen LogP contribution is 2.37. The third kappa shape index (κ3) is 2.19. The summed E-state index contributed by atoms with van der Waals surface area (Å²) < 4.78 is 1.21. The molecule has 1 saturated heterocycles. The van der Waals surface area contributed by atoms with Crippen LogP contribution in [0.5, 0.6) is 0 Å². The summed E-state index contributed by atoms with van der Waals surface area (Å²) in [5.74, 6) is 0. The Kier molecular flexibility index (Phi) is 3.37. The van der Waals surface area contributed by atoms with Gasteiger partial charge in [0.2, 0.25) is 0 Å². The van der Waals surface area contributed by atoms with Crippen molar-refractivity contribution >= 4 is 21.6 Å². The molecule has 1 aliphatic heterocycles. The van der Waals surface area contributed by atoms with Crippen LogP contribution in [0.25, 0.3) is 0 Å². The molecule has 98 valence electrons. The van der Waals surface area contributed by atoms with Crippen molar-refractivity contribution in [3.63, 3.8) is 0 Å². The van der Waals surface area contributed by atoms with E-state index in [9.17, 15) is 0 Å². The molecule has 1 aromatic rings. The lowest BCUT2D eigenvalue weighted by molar-refractivity contribution is 0.276. The Morgan fingerprint density at radius 2 is 2.00 bits per heavy atom. The van der Waals surface area contributed by atoms with E-state index in [1.165, 1.54) is 35.8 Å². The molecule has 0 bridgehead atoms. The van der Waals surface area contributed by atoms with Crippen LogP contribution < -0.4 is 10.2 Å². The largest absolute Gasteiger partial charge is 0.365 e. The van der Waals surface area contributed by atoms with Crippen LogP contribution in [0.1, 0.15) is 32.6 Å². The maximum Gasteiger partial charge on any atom is 0.0514 e. The van der Waals surface area contributed by atoms with Crippen molar-refractivity contribution in [1.82, 2.24) is 5.32 Å². The fourth-order valence-electron chi connectivity index (χ4n) is 3.41. The van der Waals surface area contributed by atoms with Crippen molar-refractivity contribution in [2.24, 2.45) is 0 Å². The van der Waals surface area contributed by atoms with Crippen LogP contribution in [-0.4, -0.2) is 24.7 Å². The van der Waals surface area contributed by atoms with Crippen LogP contribution in [0.2, 0.25) is 0 Å². The number of benzene rings is 1. The minimum Gasteiger partial charge on any atom is -0.365 e. The quantitative estimate of drug-likeness (QED) is 0.853. The molecular weight excluding hydrogens is 288 g/mol. The van der Waals surface area contributed by atoms with Gasteiger partial charge in [0.25, 0.3) is 0 Å². The number of halogens is 1. The van der Waals surface area contributed by atoms with E-state index in [1.807, 2.05) is 0 Å². The summed E-state index contributed by atoms with van der Waals surface area (Å²) >= 11 is 3.69. The SMILES string of the molecule is CC1CNC2(CCCC2)CN1c1ccccc1Br. The first-order chi connectivity index (χ1) is 8.70. The number of piperazine rings is 1. The van der Waals surface area contributed by atoms with Gasteiger partial charge in [0.15, 0.2) is 0 Å². The molecule has 0 amide bonds. The molecule has 2 aliphatic rings. The summed E-state index contributed by atoms with van der Waals surface area (Å²) in [4.78, 5) is 2.58. The van der Waals surface area contributed by atoms with Crippen molar-refractivity contribution in [2.45, 2.75) is 44.2 Å². The lowest BCUT2D eigenvalue weighted by Crippen LogP contribution is -2.62. The topological polar surface area (TPSA) is 15.3 Å². The highest BCUT2D eigenvalue weighted by Gasteiger charge is 2.40. The highest BCUT2D eigenvalue weighted by molar-refractivity contribution is 9.10. The minimum absolute atomic E-state index is 0.377. The number of para-hydroxylation sites is 1. The predicted molar refractivity (Wildman–Crippen MR) is 80.2 cm³/mol. The molecular formula is C15H21BrN2. The van der Waals surface area contributed by atoms with Crippen LogP contribution in [0, 0.1) is 0 Å². The average Bonchev–Trinajstić information content (AvgIpc) is 2.82. The van der Waals surface area contributed by atoms with Gasteiger partial charge in [0, 0.05) is 29.1 Å². The van der Waals surface area contributed by atoms with Crippen molar-refractivity contribution < 1.29 is 0 Å². The second kappa shape index (κ2) is 4.86.